The van der Waals surface area contributed by atoms with Crippen molar-refractivity contribution in [1.82, 2.24) is 25.9 Å². The molecule has 0 saturated heterocycles. The van der Waals surface area contributed by atoms with Crippen molar-refractivity contribution >= 4 is 29.7 Å². The van der Waals surface area contributed by atoms with E-state index in [9.17, 15) is 24.3 Å². The van der Waals surface area contributed by atoms with Crippen LogP contribution in [0.1, 0.15) is 39.3 Å². The summed E-state index contributed by atoms with van der Waals surface area (Å²) in [7, 11) is 0. The predicted molar refractivity (Wildman–Crippen MR) is 124 cm³/mol. The third-order valence-electron chi connectivity index (χ3n) is 4.83. The molecule has 1 aromatic rings. The Kier molecular flexibility index (Phi) is 11.5. The van der Waals surface area contributed by atoms with Gasteiger partial charge in [-0.15, -0.1) is 0 Å². The number of hydrogen-bond donors (Lipinski definition) is 8. The molecular weight excluding hydrogens is 446 g/mol. The van der Waals surface area contributed by atoms with Gasteiger partial charge in [0, 0.05) is 24.9 Å². The largest absolute Gasteiger partial charge is 0.480 e. The van der Waals surface area contributed by atoms with Gasteiger partial charge >= 0.3 is 5.97 Å². The third-order valence-corrected chi connectivity index (χ3v) is 4.83. The number of aliphatic imine (C=N–C) groups is 1. The second-order valence-corrected chi connectivity index (χ2v) is 8.21. The molecule has 3 amide bonds. The van der Waals surface area contributed by atoms with Crippen molar-refractivity contribution in [3.8, 4) is 0 Å². The van der Waals surface area contributed by atoms with E-state index in [4.69, 9.17) is 17.2 Å². The van der Waals surface area contributed by atoms with Crippen molar-refractivity contribution in [3.05, 3.63) is 18.2 Å². The Morgan fingerprint density at radius 3 is 2.18 bits per heavy atom. The molecule has 0 aliphatic heterocycles. The molecule has 0 aromatic carbocycles. The number of carboxylic acid groups (broad SMARTS) is 1. The summed E-state index contributed by atoms with van der Waals surface area (Å²) in [5.41, 5.74) is 16.7. The standard InChI is InChI=1S/C20H35N9O5/c1-10(2)15(19(33)34)29-18(32)14(7-12-8-24-9-26-12)28-17(31)13(27-16(30)11(3)21)5-4-6-25-20(22)23/h8-11,13-15H,4-7,21H2,1-3H3,(H,24,26)(H,27,30)(H,28,31)(H,29,32)(H,33,34)(H4,22,23,25). The zero-order valence-corrected chi connectivity index (χ0v) is 19.6. The van der Waals surface area contributed by atoms with E-state index >= 15 is 0 Å². The van der Waals surface area contributed by atoms with Gasteiger partial charge in [0.15, 0.2) is 5.96 Å². The number of rotatable bonds is 14. The number of nitrogens with zero attached hydrogens (tertiary/aromatic N) is 2. The lowest BCUT2D eigenvalue weighted by Gasteiger charge is -2.25. The summed E-state index contributed by atoms with van der Waals surface area (Å²) in [6.45, 7) is 5.00. The quantitative estimate of drug-likeness (QED) is 0.0797. The van der Waals surface area contributed by atoms with Gasteiger partial charge < -0.3 is 43.2 Å². The molecule has 0 radical (unpaired) electrons. The van der Waals surface area contributed by atoms with Gasteiger partial charge in [-0.1, -0.05) is 13.8 Å². The molecule has 190 valence electrons. The van der Waals surface area contributed by atoms with E-state index in [0.717, 1.165) is 0 Å². The number of amides is 3. The number of aromatic nitrogens is 2. The van der Waals surface area contributed by atoms with Crippen LogP contribution in [0.25, 0.3) is 0 Å². The summed E-state index contributed by atoms with van der Waals surface area (Å²) in [5, 5.41) is 17.0. The molecule has 0 aliphatic carbocycles. The fraction of sp³-hybridized carbons (Fsp3) is 0.600. The molecular formula is C20H35N9O5. The van der Waals surface area contributed by atoms with Gasteiger partial charge in [-0.3, -0.25) is 19.4 Å². The molecule has 1 aromatic heterocycles. The normalized spacial score (nSPS) is 14.4. The number of nitrogens with one attached hydrogen (secondary N) is 4. The first-order chi connectivity index (χ1) is 15.9. The molecule has 0 fully saturated rings. The van der Waals surface area contributed by atoms with E-state index in [-0.39, 0.29) is 25.3 Å². The number of carboxylic acids is 1. The first kappa shape index (κ1) is 28.4. The van der Waals surface area contributed by atoms with Gasteiger partial charge in [-0.05, 0) is 25.7 Å². The van der Waals surface area contributed by atoms with E-state index < -0.39 is 53.8 Å². The van der Waals surface area contributed by atoms with Crippen LogP contribution in [0, 0.1) is 5.92 Å². The number of nitrogens with two attached hydrogens (primary N) is 3. The van der Waals surface area contributed by atoms with E-state index in [1.165, 1.54) is 19.4 Å². The lowest BCUT2D eigenvalue weighted by Crippen LogP contribution is -2.58. The van der Waals surface area contributed by atoms with E-state index in [0.29, 0.717) is 12.1 Å². The fourth-order valence-corrected chi connectivity index (χ4v) is 2.94. The maximum atomic E-state index is 13.1. The maximum Gasteiger partial charge on any atom is 0.326 e. The smallest absolute Gasteiger partial charge is 0.326 e. The summed E-state index contributed by atoms with van der Waals surface area (Å²) in [4.78, 5) is 60.2. The van der Waals surface area contributed by atoms with Crippen LogP contribution in [0.4, 0.5) is 0 Å². The zero-order chi connectivity index (χ0) is 25.8. The first-order valence-electron chi connectivity index (χ1n) is 10.8. The molecule has 1 heterocycles. The maximum absolute atomic E-state index is 13.1. The van der Waals surface area contributed by atoms with E-state index in [1.54, 1.807) is 13.8 Å². The molecule has 14 nitrogen and oxygen atoms in total. The molecule has 14 heteroatoms. The van der Waals surface area contributed by atoms with Crippen LogP contribution < -0.4 is 33.2 Å². The van der Waals surface area contributed by atoms with E-state index in [2.05, 4.69) is 30.9 Å². The lowest BCUT2D eigenvalue weighted by molar-refractivity contribution is -0.143. The number of carbonyl (C=O) groups is 4. The van der Waals surface area contributed by atoms with Gasteiger partial charge in [0.1, 0.15) is 18.1 Å². The van der Waals surface area contributed by atoms with Crippen molar-refractivity contribution < 1.29 is 24.3 Å². The predicted octanol–water partition coefficient (Wildman–Crippen LogP) is -2.45. The summed E-state index contributed by atoms with van der Waals surface area (Å²) in [5.74, 6) is -3.58. The lowest BCUT2D eigenvalue weighted by atomic mass is 10.0. The van der Waals surface area contributed by atoms with Crippen LogP contribution >= 0.6 is 0 Å². The van der Waals surface area contributed by atoms with Crippen LogP contribution in [0.15, 0.2) is 17.5 Å². The van der Waals surface area contributed by atoms with Crippen LogP contribution in [-0.4, -0.2) is 75.4 Å². The molecule has 0 bridgehead atoms. The molecule has 4 unspecified atom stereocenters. The zero-order valence-electron chi connectivity index (χ0n) is 19.6. The SMILES string of the molecule is CC(N)C(=O)NC(CCCN=C(N)N)C(=O)NC(Cc1cnc[nH]1)C(=O)NC(C(=O)O)C(C)C. The summed E-state index contributed by atoms with van der Waals surface area (Å²) in [6.07, 6.45) is 3.44. The highest BCUT2D eigenvalue weighted by molar-refractivity contribution is 5.94. The van der Waals surface area contributed by atoms with Crippen molar-refractivity contribution in [1.29, 1.82) is 0 Å². The fourth-order valence-electron chi connectivity index (χ4n) is 2.94. The first-order valence-corrected chi connectivity index (χ1v) is 10.8. The number of aromatic amines is 1. The average molecular weight is 482 g/mol. The molecule has 34 heavy (non-hydrogen) atoms. The van der Waals surface area contributed by atoms with Crippen molar-refractivity contribution in [2.75, 3.05) is 6.54 Å². The Morgan fingerprint density at radius 2 is 1.68 bits per heavy atom. The van der Waals surface area contributed by atoms with Crippen LogP contribution in [0.2, 0.25) is 0 Å². The molecule has 1 rings (SSSR count). The minimum atomic E-state index is -1.20. The Morgan fingerprint density at radius 1 is 1.06 bits per heavy atom. The minimum Gasteiger partial charge on any atom is -0.480 e. The minimum absolute atomic E-state index is 0.0178. The Bertz CT molecular complexity index is 851. The highest BCUT2D eigenvalue weighted by atomic mass is 16.4. The monoisotopic (exact) mass is 481 g/mol. The Balaban J connectivity index is 3.04. The van der Waals surface area contributed by atoms with Gasteiger partial charge in [-0.2, -0.15) is 0 Å². The number of H-pyrrole nitrogens is 1. The van der Waals surface area contributed by atoms with Gasteiger partial charge in [-0.25, -0.2) is 9.78 Å². The number of guanidine groups is 1. The topological polar surface area (TPSA) is 244 Å². The molecule has 0 spiro atoms. The highest BCUT2D eigenvalue weighted by Crippen LogP contribution is 2.07. The summed E-state index contributed by atoms with van der Waals surface area (Å²) in [6, 6.07) is -4.17. The number of hydrogen-bond acceptors (Lipinski definition) is 7. The molecule has 11 N–H and O–H groups in total. The second-order valence-electron chi connectivity index (χ2n) is 8.21. The van der Waals surface area contributed by atoms with Crippen LogP contribution in [-0.2, 0) is 25.6 Å². The Hall–Kier alpha value is -3.68. The van der Waals surface area contributed by atoms with Crippen molar-refractivity contribution in [2.24, 2.45) is 28.1 Å². The van der Waals surface area contributed by atoms with Gasteiger partial charge in [0.25, 0.3) is 0 Å². The molecule has 0 saturated carbocycles. The van der Waals surface area contributed by atoms with Gasteiger partial charge in [0.2, 0.25) is 17.7 Å². The average Bonchev–Trinajstić information content (AvgIpc) is 3.25. The summed E-state index contributed by atoms with van der Waals surface area (Å²) >= 11 is 0. The highest BCUT2D eigenvalue weighted by Gasteiger charge is 2.31. The second kappa shape index (κ2) is 13.8. The number of carbonyl (C=O) groups excluding carboxylic acids is 3. The van der Waals surface area contributed by atoms with Gasteiger partial charge in [0.05, 0.1) is 12.4 Å². The Labute approximate surface area is 197 Å². The summed E-state index contributed by atoms with van der Waals surface area (Å²) < 4.78 is 0. The van der Waals surface area contributed by atoms with Crippen LogP contribution in [0.3, 0.4) is 0 Å². The molecule has 0 aliphatic rings. The number of aliphatic carboxylic acids is 1. The van der Waals surface area contributed by atoms with Crippen molar-refractivity contribution in [2.45, 2.75) is 64.2 Å². The molecule has 4 atom stereocenters. The third kappa shape index (κ3) is 9.85. The van der Waals surface area contributed by atoms with E-state index in [1.807, 2.05) is 0 Å². The number of imidazole rings is 1. The van der Waals surface area contributed by atoms with Crippen LogP contribution in [0.5, 0.6) is 0 Å². The van der Waals surface area contributed by atoms with Crippen molar-refractivity contribution in [3.63, 3.8) is 0 Å².